The van der Waals surface area contributed by atoms with Crippen molar-refractivity contribution in [1.29, 1.82) is 0 Å². The van der Waals surface area contributed by atoms with Crippen LogP contribution in [0.2, 0.25) is 0 Å². The summed E-state index contributed by atoms with van der Waals surface area (Å²) < 4.78 is 0. The minimum Gasteiger partial charge on any atom is -0.303 e. The second-order valence-corrected chi connectivity index (χ2v) is 4.21. The van der Waals surface area contributed by atoms with E-state index in [4.69, 9.17) is 0 Å². The number of nitrogens with zero attached hydrogens (tertiary/aromatic N) is 1. The van der Waals surface area contributed by atoms with Gasteiger partial charge in [-0.15, -0.1) is 0 Å². The highest BCUT2D eigenvalue weighted by Crippen LogP contribution is 2.11. The number of rotatable bonds is 7. The van der Waals surface area contributed by atoms with Crippen molar-refractivity contribution >= 4 is 6.29 Å². The number of carbonyl (C=O) groups excluding carboxylic acids is 1. The first-order chi connectivity index (χ1) is 8.63. The van der Waals surface area contributed by atoms with Gasteiger partial charge in [0.2, 0.25) is 5.70 Å². The molecule has 0 aliphatic rings. The maximum atomic E-state index is 10.9. The van der Waals surface area contributed by atoms with Crippen LogP contribution in [0.1, 0.15) is 30.4 Å². The normalized spacial score (nSPS) is 11.3. The molecule has 0 heterocycles. The first kappa shape index (κ1) is 14.1. The fourth-order valence-corrected chi connectivity index (χ4v) is 1.60. The third kappa shape index (κ3) is 4.91. The van der Waals surface area contributed by atoms with Crippen LogP contribution in [-0.4, -0.2) is 11.2 Å². The summed E-state index contributed by atoms with van der Waals surface area (Å²) in [7, 11) is 0. The average Bonchev–Trinajstić information content (AvgIpc) is 2.35. The molecule has 4 nitrogen and oxygen atoms in total. The Morgan fingerprint density at radius 3 is 2.50 bits per heavy atom. The Bertz CT molecular complexity index is 435. The molecule has 4 heteroatoms. The monoisotopic (exact) mass is 247 g/mol. The predicted molar refractivity (Wildman–Crippen MR) is 69.9 cm³/mol. The fraction of sp³-hybridized carbons (Fsp3) is 0.357. The van der Waals surface area contributed by atoms with Gasteiger partial charge in [-0.05, 0) is 31.4 Å². The summed E-state index contributed by atoms with van der Waals surface area (Å²) in [4.78, 5) is 20.7. The zero-order chi connectivity index (χ0) is 13.4. The van der Waals surface area contributed by atoms with E-state index >= 15 is 0 Å². The summed E-state index contributed by atoms with van der Waals surface area (Å²) in [6, 6.07) is 7.69. The van der Waals surface area contributed by atoms with Crippen LogP contribution in [0.15, 0.2) is 36.0 Å². The van der Waals surface area contributed by atoms with Gasteiger partial charge in [0, 0.05) is 6.42 Å². The van der Waals surface area contributed by atoms with Crippen LogP contribution in [0.25, 0.3) is 0 Å². The Balaban J connectivity index is 2.65. The van der Waals surface area contributed by atoms with Crippen LogP contribution in [0.4, 0.5) is 0 Å². The molecule has 1 rings (SSSR count). The Hall–Kier alpha value is -1.97. The van der Waals surface area contributed by atoms with Gasteiger partial charge >= 0.3 is 0 Å². The molecule has 0 fully saturated rings. The van der Waals surface area contributed by atoms with Gasteiger partial charge in [-0.3, -0.25) is 10.1 Å². The summed E-state index contributed by atoms with van der Waals surface area (Å²) in [5, 5.41) is 10.9. The van der Waals surface area contributed by atoms with Crippen molar-refractivity contribution in [2.45, 2.75) is 32.6 Å². The van der Waals surface area contributed by atoms with E-state index in [1.165, 1.54) is 0 Å². The molecular weight excluding hydrogens is 230 g/mol. The SMILES string of the molecule is Cc1ccc(C/C(=C\CCCC=O)[N+](=O)[O-])cc1. The quantitative estimate of drug-likeness (QED) is 0.322. The predicted octanol–water partition coefficient (Wildman–Crippen LogP) is 3.07. The molecule has 0 N–H and O–H groups in total. The molecule has 0 unspecified atom stereocenters. The lowest BCUT2D eigenvalue weighted by Crippen LogP contribution is -2.02. The van der Waals surface area contributed by atoms with Crippen molar-refractivity contribution in [2.24, 2.45) is 0 Å². The average molecular weight is 247 g/mol. The number of carbonyl (C=O) groups is 1. The van der Waals surface area contributed by atoms with E-state index in [0.717, 1.165) is 17.4 Å². The molecule has 0 aromatic heterocycles. The van der Waals surface area contributed by atoms with Crippen molar-refractivity contribution in [3.8, 4) is 0 Å². The molecule has 1 aromatic carbocycles. The lowest BCUT2D eigenvalue weighted by molar-refractivity contribution is -0.427. The highest BCUT2D eigenvalue weighted by atomic mass is 16.6. The minimum absolute atomic E-state index is 0.199. The van der Waals surface area contributed by atoms with E-state index in [0.29, 0.717) is 25.7 Å². The van der Waals surface area contributed by atoms with Crippen molar-refractivity contribution in [2.75, 3.05) is 0 Å². The number of aryl methyl sites for hydroxylation is 1. The Morgan fingerprint density at radius 1 is 1.28 bits per heavy atom. The molecule has 0 aliphatic heterocycles. The van der Waals surface area contributed by atoms with Gasteiger partial charge < -0.3 is 4.79 Å². The van der Waals surface area contributed by atoms with Gasteiger partial charge in [0.05, 0.1) is 11.3 Å². The van der Waals surface area contributed by atoms with Gasteiger partial charge in [0.15, 0.2) is 0 Å². The highest BCUT2D eigenvalue weighted by molar-refractivity contribution is 5.49. The van der Waals surface area contributed by atoms with Gasteiger partial charge in [-0.2, -0.15) is 0 Å². The van der Waals surface area contributed by atoms with E-state index in [1.807, 2.05) is 31.2 Å². The molecule has 1 aromatic rings. The molecule has 0 radical (unpaired) electrons. The van der Waals surface area contributed by atoms with Crippen LogP contribution >= 0.6 is 0 Å². The van der Waals surface area contributed by atoms with Crippen LogP contribution in [0.3, 0.4) is 0 Å². The van der Waals surface area contributed by atoms with Crippen LogP contribution in [0, 0.1) is 17.0 Å². The van der Waals surface area contributed by atoms with Gasteiger partial charge in [0.25, 0.3) is 0 Å². The zero-order valence-electron chi connectivity index (χ0n) is 10.5. The molecule has 0 atom stereocenters. The lowest BCUT2D eigenvalue weighted by atomic mass is 10.1. The minimum atomic E-state index is -0.346. The summed E-state index contributed by atoms with van der Waals surface area (Å²) in [5.41, 5.74) is 2.26. The number of hydrogen-bond acceptors (Lipinski definition) is 3. The maximum Gasteiger partial charge on any atom is 0.246 e. The Labute approximate surface area is 106 Å². The molecule has 96 valence electrons. The second kappa shape index (κ2) is 7.37. The third-order valence-electron chi connectivity index (χ3n) is 2.65. The molecule has 0 saturated carbocycles. The number of unbranched alkanes of at least 4 members (excludes halogenated alkanes) is 2. The topological polar surface area (TPSA) is 60.2 Å². The van der Waals surface area contributed by atoms with Crippen molar-refractivity contribution in [1.82, 2.24) is 0 Å². The summed E-state index contributed by atoms with van der Waals surface area (Å²) in [6.07, 6.45) is 4.46. The summed E-state index contributed by atoms with van der Waals surface area (Å²) in [6.45, 7) is 1.98. The first-order valence-corrected chi connectivity index (χ1v) is 5.96. The first-order valence-electron chi connectivity index (χ1n) is 5.96. The van der Waals surface area contributed by atoms with Gasteiger partial charge in [-0.25, -0.2) is 0 Å². The van der Waals surface area contributed by atoms with Crippen LogP contribution < -0.4 is 0 Å². The molecule has 0 aliphatic carbocycles. The van der Waals surface area contributed by atoms with Gasteiger partial charge in [0.1, 0.15) is 6.29 Å². The molecule has 0 spiro atoms. The largest absolute Gasteiger partial charge is 0.303 e. The molecule has 0 saturated heterocycles. The van der Waals surface area contributed by atoms with E-state index in [9.17, 15) is 14.9 Å². The van der Waals surface area contributed by atoms with E-state index in [-0.39, 0.29) is 10.6 Å². The highest BCUT2D eigenvalue weighted by Gasteiger charge is 2.10. The van der Waals surface area contributed by atoms with Crippen molar-refractivity contribution in [3.05, 3.63) is 57.3 Å². The van der Waals surface area contributed by atoms with Gasteiger partial charge in [-0.1, -0.05) is 29.8 Å². The van der Waals surface area contributed by atoms with Crippen molar-refractivity contribution in [3.63, 3.8) is 0 Å². The molecule has 18 heavy (non-hydrogen) atoms. The maximum absolute atomic E-state index is 10.9. The Morgan fingerprint density at radius 2 is 1.94 bits per heavy atom. The Kier molecular flexibility index (Phi) is 5.77. The number of allylic oxidation sites excluding steroid dienone is 2. The summed E-state index contributed by atoms with van der Waals surface area (Å²) >= 11 is 0. The zero-order valence-corrected chi connectivity index (χ0v) is 10.5. The molecule has 0 amide bonds. The lowest BCUT2D eigenvalue weighted by Gasteiger charge is -2.01. The van der Waals surface area contributed by atoms with Crippen LogP contribution in [-0.2, 0) is 11.2 Å². The second-order valence-electron chi connectivity index (χ2n) is 4.21. The van der Waals surface area contributed by atoms with Crippen molar-refractivity contribution < 1.29 is 9.72 Å². The third-order valence-corrected chi connectivity index (χ3v) is 2.65. The van der Waals surface area contributed by atoms with Crippen LogP contribution in [0.5, 0.6) is 0 Å². The number of aldehydes is 1. The molecular formula is C14H17NO3. The molecule has 0 bridgehead atoms. The number of benzene rings is 1. The smallest absolute Gasteiger partial charge is 0.246 e. The van der Waals surface area contributed by atoms with E-state index < -0.39 is 0 Å². The number of hydrogen-bond donors (Lipinski definition) is 0. The summed E-state index contributed by atoms with van der Waals surface area (Å²) in [5.74, 6) is 0. The van der Waals surface area contributed by atoms with E-state index in [2.05, 4.69) is 0 Å². The number of nitro groups is 1. The fourth-order valence-electron chi connectivity index (χ4n) is 1.60. The van der Waals surface area contributed by atoms with E-state index in [1.54, 1.807) is 6.08 Å². The standard InChI is InChI=1S/C14H17NO3/c1-12-6-8-13(9-7-12)11-14(15(17)18)5-3-2-4-10-16/h5-10H,2-4,11H2,1H3/b14-5+.